The van der Waals surface area contributed by atoms with E-state index in [1.54, 1.807) is 11.8 Å². The summed E-state index contributed by atoms with van der Waals surface area (Å²) in [6.07, 6.45) is 4.07. The third-order valence-corrected chi connectivity index (χ3v) is 7.29. The molecule has 0 radical (unpaired) electrons. The van der Waals surface area contributed by atoms with Crippen molar-refractivity contribution in [2.45, 2.75) is 49.0 Å². The SMILES string of the molecule is CC(CCCc1ccccc1)(SC1CCN(C(=O)c2ccccc2)CC1)C(=O)O. The Balaban J connectivity index is 1.51. The number of aryl methyl sites for hydroxylation is 1. The number of hydrogen-bond donors (Lipinski definition) is 1. The van der Waals surface area contributed by atoms with Gasteiger partial charge >= 0.3 is 5.97 Å². The molecule has 1 aliphatic heterocycles. The number of rotatable bonds is 8. The largest absolute Gasteiger partial charge is 0.480 e. The molecule has 4 nitrogen and oxygen atoms in total. The van der Waals surface area contributed by atoms with Crippen molar-refractivity contribution in [3.63, 3.8) is 0 Å². The highest BCUT2D eigenvalue weighted by atomic mass is 32.2. The fourth-order valence-corrected chi connectivity index (χ4v) is 5.34. The van der Waals surface area contributed by atoms with Crippen LogP contribution in [0.4, 0.5) is 0 Å². The molecular weight excluding hydrogens is 382 g/mol. The lowest BCUT2D eigenvalue weighted by molar-refractivity contribution is -0.139. The normalized spacial score (nSPS) is 16.9. The van der Waals surface area contributed by atoms with E-state index in [9.17, 15) is 14.7 Å². The van der Waals surface area contributed by atoms with E-state index in [2.05, 4.69) is 12.1 Å². The van der Waals surface area contributed by atoms with Gasteiger partial charge in [0.05, 0.1) is 0 Å². The van der Waals surface area contributed by atoms with Crippen LogP contribution in [0.25, 0.3) is 0 Å². The quantitative estimate of drug-likeness (QED) is 0.672. The Kier molecular flexibility index (Phi) is 7.37. The monoisotopic (exact) mass is 411 g/mol. The third-order valence-electron chi connectivity index (χ3n) is 5.59. The molecule has 1 unspecified atom stereocenters. The minimum atomic E-state index is -0.787. The van der Waals surface area contributed by atoms with E-state index in [-0.39, 0.29) is 11.2 Å². The summed E-state index contributed by atoms with van der Waals surface area (Å²) in [7, 11) is 0. The zero-order valence-electron chi connectivity index (χ0n) is 16.9. The van der Waals surface area contributed by atoms with Crippen LogP contribution in [0.15, 0.2) is 60.7 Å². The maximum atomic E-state index is 12.6. The van der Waals surface area contributed by atoms with Gasteiger partial charge in [-0.15, -0.1) is 11.8 Å². The fourth-order valence-electron chi connectivity index (χ4n) is 3.80. The molecule has 0 saturated carbocycles. The predicted molar refractivity (Wildman–Crippen MR) is 118 cm³/mol. The third kappa shape index (κ3) is 5.86. The van der Waals surface area contributed by atoms with Gasteiger partial charge in [0.25, 0.3) is 5.91 Å². The highest BCUT2D eigenvalue weighted by Crippen LogP contribution is 2.38. The average Bonchev–Trinajstić information content (AvgIpc) is 2.75. The first-order valence-electron chi connectivity index (χ1n) is 10.3. The van der Waals surface area contributed by atoms with Crippen LogP contribution < -0.4 is 0 Å². The van der Waals surface area contributed by atoms with Gasteiger partial charge in [0.2, 0.25) is 0 Å². The summed E-state index contributed by atoms with van der Waals surface area (Å²) in [6, 6.07) is 19.6. The van der Waals surface area contributed by atoms with Gasteiger partial charge in [-0.3, -0.25) is 9.59 Å². The Hall–Kier alpha value is -2.27. The van der Waals surface area contributed by atoms with E-state index in [4.69, 9.17) is 0 Å². The van der Waals surface area contributed by atoms with Crippen LogP contribution in [-0.4, -0.2) is 45.0 Å². The van der Waals surface area contributed by atoms with Gasteiger partial charge < -0.3 is 10.0 Å². The molecule has 0 aliphatic carbocycles. The summed E-state index contributed by atoms with van der Waals surface area (Å²) in [4.78, 5) is 26.5. The summed E-state index contributed by atoms with van der Waals surface area (Å²) in [5, 5.41) is 10.1. The predicted octanol–water partition coefficient (Wildman–Crippen LogP) is 4.89. The Morgan fingerprint density at radius 1 is 1.03 bits per heavy atom. The number of amides is 1. The molecule has 5 heteroatoms. The van der Waals surface area contributed by atoms with Crippen molar-refractivity contribution in [2.24, 2.45) is 0 Å². The van der Waals surface area contributed by atoms with Gasteiger partial charge in [0.1, 0.15) is 4.75 Å². The highest BCUT2D eigenvalue weighted by Gasteiger charge is 2.37. The van der Waals surface area contributed by atoms with Crippen molar-refractivity contribution in [3.05, 3.63) is 71.8 Å². The Morgan fingerprint density at radius 2 is 1.62 bits per heavy atom. The van der Waals surface area contributed by atoms with Crippen molar-refractivity contribution in [1.29, 1.82) is 0 Å². The van der Waals surface area contributed by atoms with E-state index < -0.39 is 10.7 Å². The van der Waals surface area contributed by atoms with Crippen molar-refractivity contribution in [2.75, 3.05) is 13.1 Å². The van der Waals surface area contributed by atoms with Gasteiger partial charge in [-0.1, -0.05) is 48.5 Å². The van der Waals surface area contributed by atoms with Crippen LogP contribution in [0.3, 0.4) is 0 Å². The molecular formula is C24H29NO3S. The molecule has 3 rings (SSSR count). The molecule has 1 aliphatic rings. The number of nitrogens with zero attached hydrogens (tertiary/aromatic N) is 1. The van der Waals surface area contributed by atoms with E-state index in [0.29, 0.717) is 19.5 Å². The van der Waals surface area contributed by atoms with Crippen LogP contribution in [0, 0.1) is 0 Å². The number of carboxylic acids is 1. The lowest BCUT2D eigenvalue weighted by Crippen LogP contribution is -2.42. The number of carboxylic acid groups (broad SMARTS) is 1. The highest BCUT2D eigenvalue weighted by molar-refractivity contribution is 8.02. The molecule has 1 N–H and O–H groups in total. The molecule has 29 heavy (non-hydrogen) atoms. The van der Waals surface area contributed by atoms with Crippen LogP contribution in [0.5, 0.6) is 0 Å². The Labute approximate surface area is 177 Å². The minimum Gasteiger partial charge on any atom is -0.480 e. The van der Waals surface area contributed by atoms with Gasteiger partial charge in [-0.05, 0) is 56.7 Å². The second-order valence-electron chi connectivity index (χ2n) is 7.85. The molecule has 1 atom stereocenters. The van der Waals surface area contributed by atoms with Gasteiger partial charge in [0.15, 0.2) is 0 Å². The number of hydrogen-bond acceptors (Lipinski definition) is 3. The Bertz CT molecular complexity index is 803. The summed E-state index contributed by atoms with van der Waals surface area (Å²) in [6.45, 7) is 3.22. The minimum absolute atomic E-state index is 0.0675. The molecule has 1 saturated heterocycles. The summed E-state index contributed by atoms with van der Waals surface area (Å²) in [5.41, 5.74) is 1.97. The number of carbonyl (C=O) groups excluding carboxylic acids is 1. The zero-order valence-corrected chi connectivity index (χ0v) is 17.7. The average molecular weight is 412 g/mol. The standard InChI is InChI=1S/C24H29NO3S/c1-24(23(27)28,16-8-11-19-9-4-2-5-10-19)29-21-14-17-25(18-15-21)22(26)20-12-6-3-7-13-20/h2-7,9-10,12-13,21H,8,11,14-18H2,1H3,(H,27,28). The van der Waals surface area contributed by atoms with Crippen LogP contribution in [0.2, 0.25) is 0 Å². The van der Waals surface area contributed by atoms with E-state index in [0.717, 1.165) is 31.2 Å². The molecule has 0 spiro atoms. The number of aliphatic carboxylic acids is 1. The number of piperidine rings is 1. The molecule has 1 amide bonds. The molecule has 1 heterocycles. The van der Waals surface area contributed by atoms with Crippen molar-refractivity contribution >= 4 is 23.6 Å². The summed E-state index contributed by atoms with van der Waals surface area (Å²) in [5.74, 6) is -0.670. The van der Waals surface area contributed by atoms with E-state index >= 15 is 0 Å². The summed E-state index contributed by atoms with van der Waals surface area (Å²) >= 11 is 1.58. The number of carbonyl (C=O) groups is 2. The number of benzene rings is 2. The molecule has 154 valence electrons. The van der Waals surface area contributed by atoms with Crippen LogP contribution >= 0.6 is 11.8 Å². The first-order chi connectivity index (χ1) is 14.0. The maximum absolute atomic E-state index is 12.6. The van der Waals surface area contributed by atoms with Gasteiger partial charge in [-0.2, -0.15) is 0 Å². The topological polar surface area (TPSA) is 57.6 Å². The zero-order chi connectivity index (χ0) is 20.7. The van der Waals surface area contributed by atoms with Crippen LogP contribution in [0.1, 0.15) is 48.5 Å². The molecule has 0 bridgehead atoms. The van der Waals surface area contributed by atoms with E-state index in [1.807, 2.05) is 60.4 Å². The number of likely N-dealkylation sites (tertiary alicyclic amines) is 1. The van der Waals surface area contributed by atoms with Crippen LogP contribution in [-0.2, 0) is 11.2 Å². The van der Waals surface area contributed by atoms with Gasteiger partial charge in [0, 0.05) is 23.9 Å². The van der Waals surface area contributed by atoms with Crippen molar-refractivity contribution in [1.82, 2.24) is 4.90 Å². The molecule has 2 aromatic rings. The summed E-state index contributed by atoms with van der Waals surface area (Å²) < 4.78 is -0.787. The first-order valence-corrected chi connectivity index (χ1v) is 11.2. The van der Waals surface area contributed by atoms with Crippen molar-refractivity contribution < 1.29 is 14.7 Å². The molecule has 0 aromatic heterocycles. The first kappa shape index (κ1) is 21.4. The smallest absolute Gasteiger partial charge is 0.319 e. The molecule has 2 aromatic carbocycles. The maximum Gasteiger partial charge on any atom is 0.319 e. The second kappa shape index (κ2) is 9.97. The fraction of sp³-hybridized carbons (Fsp3) is 0.417. The van der Waals surface area contributed by atoms with Gasteiger partial charge in [-0.25, -0.2) is 0 Å². The Morgan fingerprint density at radius 3 is 2.21 bits per heavy atom. The second-order valence-corrected chi connectivity index (χ2v) is 9.65. The number of thioether (sulfide) groups is 1. The van der Waals surface area contributed by atoms with Crippen molar-refractivity contribution in [3.8, 4) is 0 Å². The lowest BCUT2D eigenvalue weighted by atomic mass is 10.0. The van der Waals surface area contributed by atoms with E-state index in [1.165, 1.54) is 5.56 Å². The lowest BCUT2D eigenvalue weighted by Gasteiger charge is -2.35. The molecule has 1 fully saturated rings.